The molecule has 2 aromatic rings. The van der Waals surface area contributed by atoms with E-state index in [1.165, 1.54) is 6.08 Å². The van der Waals surface area contributed by atoms with Crippen molar-refractivity contribution in [1.29, 1.82) is 0 Å². The molecule has 22 heavy (non-hydrogen) atoms. The maximum atomic E-state index is 11.8. The summed E-state index contributed by atoms with van der Waals surface area (Å²) in [7, 11) is 0. The zero-order valence-electron chi connectivity index (χ0n) is 11.2. The average Bonchev–Trinajstić information content (AvgIpc) is 2.91. The number of aromatic nitrogens is 2. The van der Waals surface area contributed by atoms with Gasteiger partial charge < -0.3 is 14.8 Å². The van der Waals surface area contributed by atoms with Crippen molar-refractivity contribution in [1.82, 2.24) is 9.97 Å². The number of hydrogen-bond donors (Lipinski definition) is 3. The predicted octanol–water partition coefficient (Wildman–Crippen LogP) is 0.444. The highest BCUT2D eigenvalue weighted by molar-refractivity contribution is 6.01. The van der Waals surface area contributed by atoms with E-state index in [2.05, 4.69) is 10.3 Å². The van der Waals surface area contributed by atoms with Crippen LogP contribution in [0, 0.1) is 0 Å². The van der Waals surface area contributed by atoms with Gasteiger partial charge in [-0.3, -0.25) is 19.6 Å². The van der Waals surface area contributed by atoms with Crippen LogP contribution in [-0.2, 0) is 4.79 Å². The summed E-state index contributed by atoms with van der Waals surface area (Å²) < 4.78 is 10.4. The lowest BCUT2D eigenvalue weighted by molar-refractivity contribution is -0.111. The van der Waals surface area contributed by atoms with E-state index in [4.69, 9.17) is 9.47 Å². The Hall–Kier alpha value is -3.29. The number of aromatic amines is 2. The summed E-state index contributed by atoms with van der Waals surface area (Å²) in [4.78, 5) is 38.2. The molecule has 0 saturated carbocycles. The Balaban J connectivity index is 1.71. The highest BCUT2D eigenvalue weighted by Crippen LogP contribution is 2.32. The molecule has 112 valence electrons. The van der Waals surface area contributed by atoms with Crippen molar-refractivity contribution in [2.24, 2.45) is 0 Å². The fourth-order valence-electron chi connectivity index (χ4n) is 1.90. The van der Waals surface area contributed by atoms with Crippen molar-refractivity contribution in [3.63, 3.8) is 0 Å². The van der Waals surface area contributed by atoms with Crippen molar-refractivity contribution < 1.29 is 14.3 Å². The van der Waals surface area contributed by atoms with Gasteiger partial charge in [0.25, 0.3) is 5.56 Å². The number of hydrogen-bond acceptors (Lipinski definition) is 5. The number of rotatable bonds is 3. The molecule has 0 saturated heterocycles. The zero-order chi connectivity index (χ0) is 15.5. The molecule has 1 aliphatic heterocycles. The summed E-state index contributed by atoms with van der Waals surface area (Å²) in [5, 5.41) is 2.39. The summed E-state index contributed by atoms with van der Waals surface area (Å²) >= 11 is 0. The van der Waals surface area contributed by atoms with Crippen LogP contribution in [-0.4, -0.2) is 22.7 Å². The minimum absolute atomic E-state index is 0.0223. The minimum atomic E-state index is -0.692. The predicted molar refractivity (Wildman–Crippen MR) is 77.9 cm³/mol. The average molecular weight is 301 g/mol. The largest absolute Gasteiger partial charge is 0.454 e. The molecule has 1 aromatic carbocycles. The molecule has 0 spiro atoms. The Morgan fingerprint density at radius 3 is 2.77 bits per heavy atom. The van der Waals surface area contributed by atoms with E-state index in [-0.39, 0.29) is 12.6 Å². The van der Waals surface area contributed by atoms with Gasteiger partial charge >= 0.3 is 5.69 Å². The highest BCUT2D eigenvalue weighted by atomic mass is 16.7. The van der Waals surface area contributed by atoms with E-state index in [9.17, 15) is 14.4 Å². The van der Waals surface area contributed by atoms with E-state index in [0.717, 1.165) is 11.6 Å². The van der Waals surface area contributed by atoms with Crippen molar-refractivity contribution in [2.45, 2.75) is 0 Å². The Kier molecular flexibility index (Phi) is 3.48. The molecule has 0 unspecified atom stereocenters. The molecular weight excluding hydrogens is 290 g/mol. The number of carbonyl (C=O) groups excluding carboxylic acids is 1. The van der Waals surface area contributed by atoms with Crippen molar-refractivity contribution >= 4 is 17.8 Å². The van der Waals surface area contributed by atoms with Crippen molar-refractivity contribution in [3.8, 4) is 11.5 Å². The van der Waals surface area contributed by atoms with Gasteiger partial charge in [0.1, 0.15) is 5.82 Å². The first-order chi connectivity index (χ1) is 10.6. The maximum absolute atomic E-state index is 11.8. The molecule has 3 N–H and O–H groups in total. The van der Waals surface area contributed by atoms with Gasteiger partial charge in [0.2, 0.25) is 12.7 Å². The number of anilines is 1. The van der Waals surface area contributed by atoms with Crippen LogP contribution in [0.25, 0.3) is 6.08 Å². The lowest BCUT2D eigenvalue weighted by Gasteiger charge is -2.00. The van der Waals surface area contributed by atoms with E-state index in [1.807, 2.05) is 4.98 Å². The Morgan fingerprint density at radius 1 is 1.14 bits per heavy atom. The lowest BCUT2D eigenvalue weighted by Crippen LogP contribution is -2.24. The van der Waals surface area contributed by atoms with Gasteiger partial charge in [0, 0.05) is 12.1 Å². The molecule has 1 aliphatic rings. The summed E-state index contributed by atoms with van der Waals surface area (Å²) in [6.07, 6.45) is 2.85. The topological polar surface area (TPSA) is 113 Å². The first-order valence-electron chi connectivity index (χ1n) is 6.32. The molecule has 0 aliphatic carbocycles. The zero-order valence-corrected chi connectivity index (χ0v) is 11.2. The van der Waals surface area contributed by atoms with Gasteiger partial charge in [0.05, 0.1) is 0 Å². The molecule has 2 heterocycles. The molecule has 3 rings (SSSR count). The summed E-state index contributed by atoms with van der Waals surface area (Å²) in [6, 6.07) is 6.33. The molecule has 1 aromatic heterocycles. The SMILES string of the molecule is O=C(C=Cc1ccc2c(c1)OCO2)Nc1cc(=O)[nH]c(=O)[nH]1. The van der Waals surface area contributed by atoms with Gasteiger partial charge in [0.15, 0.2) is 11.5 Å². The maximum Gasteiger partial charge on any atom is 0.327 e. The number of fused-ring (bicyclic) bond motifs is 1. The minimum Gasteiger partial charge on any atom is -0.454 e. The third kappa shape index (κ3) is 3.06. The van der Waals surface area contributed by atoms with Gasteiger partial charge in [-0.1, -0.05) is 6.07 Å². The van der Waals surface area contributed by atoms with Crippen molar-refractivity contribution in [2.75, 3.05) is 12.1 Å². The second-order valence-corrected chi connectivity index (χ2v) is 4.44. The number of amides is 1. The summed E-state index contributed by atoms with van der Waals surface area (Å²) in [5.74, 6) is 0.803. The lowest BCUT2D eigenvalue weighted by atomic mass is 10.2. The van der Waals surface area contributed by atoms with Gasteiger partial charge in [-0.25, -0.2) is 4.79 Å². The van der Waals surface area contributed by atoms with E-state index in [0.29, 0.717) is 11.5 Å². The fraction of sp³-hybridized carbons (Fsp3) is 0.0714. The first kappa shape index (κ1) is 13.7. The van der Waals surface area contributed by atoms with Crippen LogP contribution in [0.15, 0.2) is 39.9 Å². The van der Waals surface area contributed by atoms with E-state index < -0.39 is 17.2 Å². The number of nitrogens with one attached hydrogen (secondary N) is 3. The first-order valence-corrected chi connectivity index (χ1v) is 6.32. The third-order valence-corrected chi connectivity index (χ3v) is 2.84. The quantitative estimate of drug-likeness (QED) is 0.712. The molecule has 8 heteroatoms. The monoisotopic (exact) mass is 301 g/mol. The number of ether oxygens (including phenoxy) is 2. The van der Waals surface area contributed by atoms with Gasteiger partial charge in [-0.05, 0) is 23.8 Å². The van der Waals surface area contributed by atoms with E-state index in [1.54, 1.807) is 24.3 Å². The molecule has 0 bridgehead atoms. The number of carbonyl (C=O) groups is 1. The molecule has 1 amide bonds. The van der Waals surface area contributed by atoms with E-state index >= 15 is 0 Å². The van der Waals surface area contributed by atoms with Gasteiger partial charge in [-0.15, -0.1) is 0 Å². The normalized spacial score (nSPS) is 12.5. The van der Waals surface area contributed by atoms with Crippen LogP contribution in [0.4, 0.5) is 5.82 Å². The fourth-order valence-corrected chi connectivity index (χ4v) is 1.90. The second-order valence-electron chi connectivity index (χ2n) is 4.44. The molecule has 0 atom stereocenters. The number of benzene rings is 1. The molecule has 8 nitrogen and oxygen atoms in total. The van der Waals surface area contributed by atoms with Gasteiger partial charge in [-0.2, -0.15) is 0 Å². The smallest absolute Gasteiger partial charge is 0.327 e. The third-order valence-electron chi connectivity index (χ3n) is 2.84. The van der Waals surface area contributed by atoms with Crippen molar-refractivity contribution in [3.05, 3.63) is 56.7 Å². The number of H-pyrrole nitrogens is 2. The van der Waals surface area contributed by atoms with Crippen LogP contribution < -0.4 is 26.0 Å². The molecule has 0 radical (unpaired) electrons. The summed E-state index contributed by atoms with van der Waals surface area (Å²) in [6.45, 7) is 0.179. The Labute approximate surface area is 123 Å². The van der Waals surface area contributed by atoms with Crippen LogP contribution >= 0.6 is 0 Å². The standard InChI is InChI=1S/C14H11N3O5/c18-12(15-11-6-13(19)17-14(20)16-11)4-2-8-1-3-9-10(5-8)22-7-21-9/h1-6H,7H2,(H3,15,16,17,18,19,20). The van der Waals surface area contributed by atoms with Crippen LogP contribution in [0.5, 0.6) is 11.5 Å². The van der Waals surface area contributed by atoms with Crippen LogP contribution in [0.1, 0.15) is 5.56 Å². The van der Waals surface area contributed by atoms with Crippen LogP contribution in [0.3, 0.4) is 0 Å². The summed E-state index contributed by atoms with van der Waals surface area (Å²) in [5.41, 5.74) is -0.542. The molecule has 0 fully saturated rings. The van der Waals surface area contributed by atoms with Crippen LogP contribution in [0.2, 0.25) is 0 Å². The molecular formula is C14H11N3O5. The highest BCUT2D eigenvalue weighted by Gasteiger charge is 2.12. The Bertz CT molecular complexity index is 837. The Morgan fingerprint density at radius 2 is 1.95 bits per heavy atom. The second kappa shape index (κ2) is 5.60.